The molecule has 1 aromatic heterocycles. The summed E-state index contributed by atoms with van der Waals surface area (Å²) in [6.45, 7) is 5.61. The van der Waals surface area contributed by atoms with E-state index >= 15 is 0 Å². The molecule has 0 aromatic carbocycles. The minimum Gasteiger partial charge on any atom is -0.481 e. The number of rotatable bonds is 10. The summed E-state index contributed by atoms with van der Waals surface area (Å²) in [6, 6.07) is 0. The van der Waals surface area contributed by atoms with Crippen LogP contribution >= 0.6 is 0 Å². The highest BCUT2D eigenvalue weighted by Crippen LogP contribution is 2.15. The van der Waals surface area contributed by atoms with Crippen molar-refractivity contribution >= 4 is 5.97 Å². The summed E-state index contributed by atoms with van der Waals surface area (Å²) in [5, 5.41) is 9.01. The van der Waals surface area contributed by atoms with Gasteiger partial charge in [0, 0.05) is 30.5 Å². The Morgan fingerprint density at radius 3 is 2.19 bits per heavy atom. The average Bonchev–Trinajstić information content (AvgIpc) is 2.47. The molecule has 6 nitrogen and oxygen atoms in total. The van der Waals surface area contributed by atoms with Gasteiger partial charge < -0.3 is 14.6 Å². The summed E-state index contributed by atoms with van der Waals surface area (Å²) in [6.07, 6.45) is 2.01. The fraction of sp³-hybridized carbons (Fsp3) is 0.667. The molecular weight excluding hydrogens is 272 g/mol. The van der Waals surface area contributed by atoms with Gasteiger partial charge in [-0.25, -0.2) is 9.97 Å². The van der Waals surface area contributed by atoms with E-state index in [1.807, 2.05) is 13.8 Å². The molecule has 1 heterocycles. The van der Waals surface area contributed by atoms with E-state index in [2.05, 4.69) is 9.97 Å². The third-order valence-electron chi connectivity index (χ3n) is 3.12. The first kappa shape index (κ1) is 17.5. The lowest BCUT2D eigenvalue weighted by Gasteiger charge is -2.12. The van der Waals surface area contributed by atoms with E-state index < -0.39 is 5.97 Å². The van der Waals surface area contributed by atoms with Crippen LogP contribution in [0.15, 0.2) is 0 Å². The largest absolute Gasteiger partial charge is 0.481 e. The molecule has 21 heavy (non-hydrogen) atoms. The normalized spacial score (nSPS) is 10.8. The fourth-order valence-electron chi connectivity index (χ4n) is 2.10. The molecule has 0 radical (unpaired) electrons. The maximum Gasteiger partial charge on any atom is 0.307 e. The van der Waals surface area contributed by atoms with E-state index in [4.69, 9.17) is 14.6 Å². The maximum atomic E-state index is 11.0. The van der Waals surface area contributed by atoms with Gasteiger partial charge >= 0.3 is 5.97 Å². The third-order valence-corrected chi connectivity index (χ3v) is 3.12. The molecule has 1 N–H and O–H groups in total. The summed E-state index contributed by atoms with van der Waals surface area (Å²) in [7, 11) is 1.63. The monoisotopic (exact) mass is 296 g/mol. The Balaban J connectivity index is 2.80. The Kier molecular flexibility index (Phi) is 7.85. The second-order valence-corrected chi connectivity index (χ2v) is 4.64. The number of carboxylic acids is 1. The first-order valence-electron chi connectivity index (χ1n) is 7.28. The van der Waals surface area contributed by atoms with Crippen LogP contribution in [0.4, 0.5) is 0 Å². The highest BCUT2D eigenvalue weighted by molar-refractivity contribution is 5.71. The molecule has 1 rings (SSSR count). The summed E-state index contributed by atoms with van der Waals surface area (Å²) >= 11 is 0. The minimum absolute atomic E-state index is 0.0169. The quantitative estimate of drug-likeness (QED) is 0.658. The smallest absolute Gasteiger partial charge is 0.307 e. The summed E-state index contributed by atoms with van der Waals surface area (Å²) < 4.78 is 10.3. The third kappa shape index (κ3) is 5.77. The molecule has 0 fully saturated rings. The van der Waals surface area contributed by atoms with Crippen molar-refractivity contribution in [1.29, 1.82) is 0 Å². The number of nitrogens with zero attached hydrogens (tertiary/aromatic N) is 2. The predicted molar refractivity (Wildman–Crippen MR) is 78.5 cm³/mol. The van der Waals surface area contributed by atoms with Gasteiger partial charge in [-0.3, -0.25) is 4.79 Å². The lowest BCUT2D eigenvalue weighted by Crippen LogP contribution is -2.14. The van der Waals surface area contributed by atoms with Crippen LogP contribution < -0.4 is 0 Å². The van der Waals surface area contributed by atoms with Crippen LogP contribution in [0.5, 0.6) is 0 Å². The number of aliphatic carboxylic acids is 1. The lowest BCUT2D eigenvalue weighted by molar-refractivity contribution is -0.136. The number of aryl methyl sites for hydroxylation is 2. The molecule has 0 amide bonds. The van der Waals surface area contributed by atoms with Gasteiger partial charge in [0.2, 0.25) is 0 Å². The molecule has 0 aliphatic heterocycles. The van der Waals surface area contributed by atoms with E-state index in [1.165, 1.54) is 0 Å². The molecule has 0 saturated carbocycles. The van der Waals surface area contributed by atoms with E-state index in [0.29, 0.717) is 39.1 Å². The molecule has 0 aliphatic rings. The molecular formula is C15H24N2O4. The molecule has 118 valence electrons. The summed E-state index contributed by atoms with van der Waals surface area (Å²) in [4.78, 5) is 19.9. The molecule has 0 aliphatic carbocycles. The molecule has 0 atom stereocenters. The van der Waals surface area contributed by atoms with Crippen molar-refractivity contribution < 1.29 is 19.4 Å². The van der Waals surface area contributed by atoms with Gasteiger partial charge in [0.05, 0.1) is 26.2 Å². The molecule has 0 bridgehead atoms. The van der Waals surface area contributed by atoms with E-state index in [1.54, 1.807) is 7.11 Å². The molecule has 0 spiro atoms. The number of aromatic nitrogens is 2. The van der Waals surface area contributed by atoms with Crippen molar-refractivity contribution in [2.24, 2.45) is 0 Å². The van der Waals surface area contributed by atoms with Gasteiger partial charge in [-0.05, 0) is 12.8 Å². The van der Waals surface area contributed by atoms with Gasteiger partial charge in [0.25, 0.3) is 0 Å². The SMILES string of the molecule is CCc1nc(CCOCCOC)nc(CC)c1CC(=O)O. The van der Waals surface area contributed by atoms with Crippen LogP contribution in [0.25, 0.3) is 0 Å². The van der Waals surface area contributed by atoms with Gasteiger partial charge in [0.1, 0.15) is 5.82 Å². The number of carbonyl (C=O) groups is 1. The van der Waals surface area contributed by atoms with Crippen LogP contribution in [-0.4, -0.2) is 48.0 Å². The predicted octanol–water partition coefficient (Wildman–Crippen LogP) is 1.43. The summed E-state index contributed by atoms with van der Waals surface area (Å²) in [5.74, 6) is -0.131. The minimum atomic E-state index is -0.848. The number of carboxylic acid groups (broad SMARTS) is 1. The Morgan fingerprint density at radius 1 is 1.10 bits per heavy atom. The number of hydrogen-bond acceptors (Lipinski definition) is 5. The second kappa shape index (κ2) is 9.41. The van der Waals surface area contributed by atoms with Crippen LogP contribution in [0.2, 0.25) is 0 Å². The first-order valence-corrected chi connectivity index (χ1v) is 7.28. The van der Waals surface area contributed by atoms with Crippen molar-refractivity contribution in [2.75, 3.05) is 26.9 Å². The number of methoxy groups -OCH3 is 1. The van der Waals surface area contributed by atoms with Gasteiger partial charge in [-0.2, -0.15) is 0 Å². The summed E-state index contributed by atoms with van der Waals surface area (Å²) in [5.41, 5.74) is 2.42. The number of hydrogen-bond donors (Lipinski definition) is 1. The molecule has 1 aromatic rings. The zero-order valence-electron chi connectivity index (χ0n) is 13.0. The second-order valence-electron chi connectivity index (χ2n) is 4.64. The van der Waals surface area contributed by atoms with Crippen LogP contribution in [0.1, 0.15) is 36.6 Å². The van der Waals surface area contributed by atoms with Crippen LogP contribution in [0.3, 0.4) is 0 Å². The van der Waals surface area contributed by atoms with Crippen LogP contribution in [0, 0.1) is 0 Å². The van der Waals surface area contributed by atoms with Gasteiger partial charge in [-0.15, -0.1) is 0 Å². The average molecular weight is 296 g/mol. The van der Waals surface area contributed by atoms with Crippen molar-refractivity contribution in [3.05, 3.63) is 22.8 Å². The molecule has 0 unspecified atom stereocenters. The Morgan fingerprint density at radius 2 is 1.71 bits per heavy atom. The van der Waals surface area contributed by atoms with Gasteiger partial charge in [0.15, 0.2) is 0 Å². The van der Waals surface area contributed by atoms with Crippen molar-refractivity contribution in [3.8, 4) is 0 Å². The fourth-order valence-corrected chi connectivity index (χ4v) is 2.10. The highest BCUT2D eigenvalue weighted by Gasteiger charge is 2.15. The van der Waals surface area contributed by atoms with Crippen molar-refractivity contribution in [1.82, 2.24) is 9.97 Å². The van der Waals surface area contributed by atoms with E-state index in [-0.39, 0.29) is 6.42 Å². The van der Waals surface area contributed by atoms with Crippen LogP contribution in [-0.2, 0) is 40.0 Å². The van der Waals surface area contributed by atoms with Crippen molar-refractivity contribution in [3.63, 3.8) is 0 Å². The van der Waals surface area contributed by atoms with E-state index in [0.717, 1.165) is 22.8 Å². The molecule has 0 saturated heterocycles. The Bertz CT molecular complexity index is 438. The Labute approximate surface area is 125 Å². The highest BCUT2D eigenvalue weighted by atomic mass is 16.5. The number of ether oxygens (including phenoxy) is 2. The first-order chi connectivity index (χ1) is 10.1. The molecule has 6 heteroatoms. The Hall–Kier alpha value is -1.53. The van der Waals surface area contributed by atoms with Crippen molar-refractivity contribution in [2.45, 2.75) is 39.5 Å². The van der Waals surface area contributed by atoms with E-state index in [9.17, 15) is 4.79 Å². The lowest BCUT2D eigenvalue weighted by atomic mass is 10.0. The standard InChI is InChI=1S/C15H24N2O4/c1-4-12-11(10-15(18)19)13(5-2)17-14(16-12)6-7-21-9-8-20-3/h4-10H2,1-3H3,(H,18,19). The maximum absolute atomic E-state index is 11.0. The topological polar surface area (TPSA) is 81.5 Å². The zero-order chi connectivity index (χ0) is 15.7. The zero-order valence-corrected chi connectivity index (χ0v) is 13.0. The van der Waals surface area contributed by atoms with Gasteiger partial charge in [-0.1, -0.05) is 13.8 Å².